The van der Waals surface area contributed by atoms with Crippen molar-refractivity contribution < 1.29 is 15.0 Å². The average Bonchev–Trinajstić information content (AvgIpc) is 2.56. The number of amides is 1. The van der Waals surface area contributed by atoms with Gasteiger partial charge < -0.3 is 15.9 Å². The van der Waals surface area contributed by atoms with E-state index in [9.17, 15) is 15.0 Å². The van der Waals surface area contributed by atoms with E-state index in [0.717, 1.165) is 37.1 Å². The van der Waals surface area contributed by atoms with E-state index in [1.54, 1.807) is 6.07 Å². The van der Waals surface area contributed by atoms with Crippen molar-refractivity contribution in [3.05, 3.63) is 53.6 Å². The predicted molar refractivity (Wildman–Crippen MR) is 95.4 cm³/mol. The van der Waals surface area contributed by atoms with Crippen LogP contribution in [0.15, 0.2) is 36.9 Å². The van der Waals surface area contributed by atoms with E-state index in [1.807, 2.05) is 18.2 Å². The third kappa shape index (κ3) is 2.26. The number of rotatable bonds is 3. The van der Waals surface area contributed by atoms with E-state index in [1.165, 1.54) is 0 Å². The van der Waals surface area contributed by atoms with Crippen LogP contribution in [-0.2, 0) is 11.8 Å². The second-order valence-electron chi connectivity index (χ2n) is 7.50. The summed E-state index contributed by atoms with van der Waals surface area (Å²) in [5, 5.41) is 21.2. The first-order chi connectivity index (χ1) is 12.0. The number of likely N-dealkylation sites (tertiary alicyclic amines) is 1. The number of benzene rings is 1. The lowest BCUT2D eigenvalue weighted by Gasteiger charge is -2.58. The molecular formula is C20H24N2O3. The van der Waals surface area contributed by atoms with Gasteiger partial charge in [0.1, 0.15) is 5.75 Å². The van der Waals surface area contributed by atoms with Crippen LogP contribution in [0, 0.1) is 5.92 Å². The Morgan fingerprint density at radius 1 is 1.44 bits per heavy atom. The normalized spacial score (nSPS) is 33.4. The van der Waals surface area contributed by atoms with Crippen molar-refractivity contribution in [2.45, 2.75) is 36.8 Å². The number of hydrogen-bond acceptors (Lipinski definition) is 4. The van der Waals surface area contributed by atoms with Crippen molar-refractivity contribution in [2.24, 2.45) is 11.7 Å². The summed E-state index contributed by atoms with van der Waals surface area (Å²) in [6, 6.07) is 3.85. The molecule has 0 unspecified atom stereocenters. The molecule has 1 heterocycles. The number of hydrogen-bond donors (Lipinski definition) is 3. The summed E-state index contributed by atoms with van der Waals surface area (Å²) >= 11 is 0. The van der Waals surface area contributed by atoms with Gasteiger partial charge >= 0.3 is 0 Å². The number of nitrogens with zero attached hydrogens (tertiary/aromatic N) is 1. The molecular weight excluding hydrogens is 316 g/mol. The largest absolute Gasteiger partial charge is 0.507 e. The topological polar surface area (TPSA) is 86.8 Å². The summed E-state index contributed by atoms with van der Waals surface area (Å²) in [4.78, 5) is 14.2. The van der Waals surface area contributed by atoms with Gasteiger partial charge in [-0.3, -0.25) is 9.69 Å². The molecule has 132 valence electrons. The maximum absolute atomic E-state index is 11.7. The van der Waals surface area contributed by atoms with Crippen LogP contribution in [0.3, 0.4) is 0 Å². The molecule has 1 aliphatic heterocycles. The minimum absolute atomic E-state index is 0.00752. The highest BCUT2D eigenvalue weighted by Crippen LogP contribution is 2.56. The fraction of sp³-hybridized carbons (Fsp3) is 0.450. The number of phenols is 1. The van der Waals surface area contributed by atoms with Gasteiger partial charge in [-0.2, -0.15) is 0 Å². The van der Waals surface area contributed by atoms with Crippen LogP contribution in [-0.4, -0.2) is 46.3 Å². The van der Waals surface area contributed by atoms with Crippen LogP contribution in [0.4, 0.5) is 0 Å². The zero-order valence-electron chi connectivity index (χ0n) is 14.2. The minimum atomic E-state index is -0.619. The number of carbonyl (C=O) groups excluding carboxylic acids is 1. The molecule has 1 fully saturated rings. The van der Waals surface area contributed by atoms with Gasteiger partial charge in [-0.25, -0.2) is 0 Å². The number of aliphatic hydroxyl groups is 1. The molecule has 1 aromatic carbocycles. The zero-order chi connectivity index (χ0) is 17.8. The van der Waals surface area contributed by atoms with Crippen LogP contribution < -0.4 is 5.73 Å². The first kappa shape index (κ1) is 16.4. The molecule has 5 nitrogen and oxygen atoms in total. The van der Waals surface area contributed by atoms with Gasteiger partial charge in [0.15, 0.2) is 0 Å². The Morgan fingerprint density at radius 3 is 2.96 bits per heavy atom. The molecule has 2 bridgehead atoms. The summed E-state index contributed by atoms with van der Waals surface area (Å²) in [5.41, 5.74) is 7.15. The molecule has 4 atom stereocenters. The van der Waals surface area contributed by atoms with Crippen molar-refractivity contribution in [2.75, 3.05) is 13.1 Å². The minimum Gasteiger partial charge on any atom is -0.507 e. The maximum atomic E-state index is 11.7. The molecule has 25 heavy (non-hydrogen) atoms. The van der Waals surface area contributed by atoms with Crippen molar-refractivity contribution in [1.29, 1.82) is 0 Å². The van der Waals surface area contributed by atoms with Crippen molar-refractivity contribution >= 4 is 5.91 Å². The van der Waals surface area contributed by atoms with E-state index < -0.39 is 12.0 Å². The van der Waals surface area contributed by atoms with E-state index in [0.29, 0.717) is 12.5 Å². The van der Waals surface area contributed by atoms with E-state index in [2.05, 4.69) is 17.6 Å². The van der Waals surface area contributed by atoms with E-state index in [4.69, 9.17) is 5.73 Å². The Kier molecular flexibility index (Phi) is 3.74. The van der Waals surface area contributed by atoms with Crippen molar-refractivity contribution in [1.82, 2.24) is 4.90 Å². The summed E-state index contributed by atoms with van der Waals surface area (Å²) in [6.45, 7) is 5.58. The summed E-state index contributed by atoms with van der Waals surface area (Å²) in [5.74, 6) is -0.411. The number of aromatic hydroxyl groups is 1. The summed E-state index contributed by atoms with van der Waals surface area (Å²) in [6.07, 6.45) is 7.56. The van der Waals surface area contributed by atoms with Gasteiger partial charge in [-0.05, 0) is 37.4 Å². The fourth-order valence-electron chi connectivity index (χ4n) is 5.34. The SMILES string of the molecule is C=CCN1CC[C@]23C[C@@H](O)C=C[C@H]2[C@H]1Cc1ccc(C(N)=O)c(O)c13. The standard InChI is InChI=1S/C20H24N2O3/c1-2-8-22-9-7-20-11-13(23)4-6-15(20)16(22)10-12-3-5-14(19(21)25)18(24)17(12)20/h2-6,13,15-16,23-24H,1,7-11H2,(H2,21,25)/t13-,15-,16+,20-/m0/s1. The first-order valence-electron chi connectivity index (χ1n) is 8.84. The monoisotopic (exact) mass is 340 g/mol. The molecule has 1 aromatic rings. The molecule has 5 heteroatoms. The number of nitrogens with two attached hydrogens (primary N) is 1. The fourth-order valence-corrected chi connectivity index (χ4v) is 5.34. The number of fused-ring (bicyclic) bond motifs is 1. The van der Waals surface area contributed by atoms with Crippen molar-refractivity contribution in [3.63, 3.8) is 0 Å². The predicted octanol–water partition coefficient (Wildman–Crippen LogP) is 1.48. The highest BCUT2D eigenvalue weighted by molar-refractivity contribution is 5.96. The Hall–Kier alpha value is -2.11. The Morgan fingerprint density at radius 2 is 2.24 bits per heavy atom. The van der Waals surface area contributed by atoms with Gasteiger partial charge in [0.25, 0.3) is 5.91 Å². The quantitative estimate of drug-likeness (QED) is 0.728. The Balaban J connectivity index is 1.92. The number of primary amides is 1. The molecule has 3 aliphatic rings. The van der Waals surface area contributed by atoms with Gasteiger partial charge in [0, 0.05) is 29.5 Å². The van der Waals surface area contributed by atoms with Crippen LogP contribution in [0.25, 0.3) is 0 Å². The second kappa shape index (κ2) is 5.71. The lowest BCUT2D eigenvalue weighted by atomic mass is 9.53. The Labute approximate surface area is 147 Å². The summed E-state index contributed by atoms with van der Waals surface area (Å²) in [7, 11) is 0. The van der Waals surface area contributed by atoms with E-state index in [-0.39, 0.29) is 22.6 Å². The van der Waals surface area contributed by atoms with Gasteiger partial charge in [-0.1, -0.05) is 24.3 Å². The molecule has 4 N–H and O–H groups in total. The third-order valence-electron chi connectivity index (χ3n) is 6.30. The lowest BCUT2D eigenvalue weighted by molar-refractivity contribution is 0.0120. The smallest absolute Gasteiger partial charge is 0.252 e. The highest BCUT2D eigenvalue weighted by Gasteiger charge is 2.55. The van der Waals surface area contributed by atoms with Gasteiger partial charge in [0.2, 0.25) is 0 Å². The van der Waals surface area contributed by atoms with Gasteiger partial charge in [0.05, 0.1) is 11.7 Å². The number of carbonyl (C=O) groups is 1. The molecule has 0 radical (unpaired) electrons. The third-order valence-corrected chi connectivity index (χ3v) is 6.30. The van der Waals surface area contributed by atoms with Crippen LogP contribution in [0.5, 0.6) is 5.75 Å². The molecule has 2 aliphatic carbocycles. The molecule has 1 saturated heterocycles. The lowest BCUT2D eigenvalue weighted by Crippen LogP contribution is -2.61. The summed E-state index contributed by atoms with van der Waals surface area (Å²) < 4.78 is 0. The van der Waals surface area contributed by atoms with E-state index >= 15 is 0 Å². The number of aliphatic hydroxyl groups excluding tert-OH is 1. The van der Waals surface area contributed by atoms with Crippen molar-refractivity contribution in [3.8, 4) is 5.75 Å². The molecule has 0 saturated carbocycles. The molecule has 1 amide bonds. The maximum Gasteiger partial charge on any atom is 0.252 e. The van der Waals surface area contributed by atoms with Crippen LogP contribution >= 0.6 is 0 Å². The molecule has 4 rings (SSSR count). The molecule has 0 aromatic heterocycles. The molecule has 0 spiro atoms. The highest BCUT2D eigenvalue weighted by atomic mass is 16.3. The zero-order valence-corrected chi connectivity index (χ0v) is 14.2. The number of piperidine rings is 1. The first-order valence-corrected chi connectivity index (χ1v) is 8.84. The van der Waals surface area contributed by atoms with Crippen LogP contribution in [0.2, 0.25) is 0 Å². The average molecular weight is 340 g/mol. The Bertz CT molecular complexity index is 772. The second-order valence-corrected chi connectivity index (χ2v) is 7.50. The van der Waals surface area contributed by atoms with Gasteiger partial charge in [-0.15, -0.1) is 6.58 Å². The van der Waals surface area contributed by atoms with Crippen LogP contribution in [0.1, 0.15) is 34.3 Å².